The summed E-state index contributed by atoms with van der Waals surface area (Å²) in [6.07, 6.45) is 6.71. The Balaban J connectivity index is 0.845. The molecule has 1 aliphatic heterocycles. The molecule has 3 heteroatoms. The average Bonchev–Trinajstić information content (AvgIpc) is 3.20. The zero-order valence-corrected chi connectivity index (χ0v) is 46.2. The Morgan fingerprint density at radius 3 is 1.22 bits per heavy atom. The summed E-state index contributed by atoms with van der Waals surface area (Å²) in [7, 11) is 0. The minimum atomic E-state index is -0.114. The molecule has 0 N–H and O–H groups in total. The van der Waals surface area contributed by atoms with Crippen LogP contribution in [-0.4, -0.2) is 0 Å². The van der Waals surface area contributed by atoms with Crippen LogP contribution in [0.2, 0.25) is 0 Å². The SMILES string of the molecule is CC1(C)c2ccccc2-c2ccc(N(c3ccc4c(c3)C3(c5cc6cc(N(c7ccc8c(c7)C(C)(C)c7ccccc7-8)c7ccc8ccccc8c7)ccc6cc5S4)C4CC5CC(C4)CC3C5)c3ccc4ccccc4c3)cc21. The Morgan fingerprint density at radius 2 is 0.684 bits per heavy atom. The van der Waals surface area contributed by atoms with Crippen LogP contribution < -0.4 is 9.80 Å². The number of hydrogen-bond acceptors (Lipinski definition) is 3. The van der Waals surface area contributed by atoms with Crippen molar-refractivity contribution in [2.75, 3.05) is 9.80 Å². The first kappa shape index (κ1) is 46.1. The topological polar surface area (TPSA) is 6.48 Å². The van der Waals surface area contributed by atoms with Gasteiger partial charge in [-0.2, -0.15) is 0 Å². The molecule has 0 radical (unpaired) electrons. The van der Waals surface area contributed by atoms with Crippen molar-refractivity contribution in [3.8, 4) is 22.3 Å². The molecule has 2 nitrogen and oxygen atoms in total. The van der Waals surface area contributed by atoms with Crippen LogP contribution in [-0.2, 0) is 16.2 Å². The average molecular weight is 1040 g/mol. The maximum Gasteiger partial charge on any atom is 0.0468 e. The lowest BCUT2D eigenvalue weighted by atomic mass is 9.42. The van der Waals surface area contributed by atoms with Gasteiger partial charge in [0.15, 0.2) is 0 Å². The van der Waals surface area contributed by atoms with E-state index >= 15 is 0 Å². The molecule has 0 saturated heterocycles. The normalized spacial score (nSPS) is 21.9. The first-order valence-electron chi connectivity index (χ1n) is 29.1. The van der Waals surface area contributed by atoms with Crippen molar-refractivity contribution < 1.29 is 0 Å². The molecule has 1 heterocycles. The molecule has 1 spiro atoms. The molecular weight excluding hydrogens is 973 g/mol. The molecule has 4 fully saturated rings. The predicted octanol–water partition coefficient (Wildman–Crippen LogP) is 20.9. The Morgan fingerprint density at radius 1 is 0.304 bits per heavy atom. The van der Waals surface area contributed by atoms with E-state index in [9.17, 15) is 0 Å². The zero-order chi connectivity index (χ0) is 52.5. The molecule has 7 aliphatic rings. The van der Waals surface area contributed by atoms with Crippen molar-refractivity contribution in [3.63, 3.8) is 0 Å². The number of rotatable bonds is 6. The van der Waals surface area contributed by atoms with E-state index in [1.165, 1.54) is 153 Å². The summed E-state index contributed by atoms with van der Waals surface area (Å²) >= 11 is 2.02. The van der Waals surface area contributed by atoms with E-state index in [2.05, 4.69) is 256 Å². The van der Waals surface area contributed by atoms with Crippen molar-refractivity contribution >= 4 is 78.2 Å². The third-order valence-electron chi connectivity index (χ3n) is 20.6. The Kier molecular flexibility index (Phi) is 9.69. The van der Waals surface area contributed by atoms with Gasteiger partial charge in [-0.15, -0.1) is 0 Å². The highest BCUT2D eigenvalue weighted by Crippen LogP contribution is 2.69. The van der Waals surface area contributed by atoms with E-state index in [1.807, 2.05) is 11.8 Å². The van der Waals surface area contributed by atoms with E-state index in [1.54, 1.807) is 11.1 Å². The van der Waals surface area contributed by atoms with Crippen LogP contribution in [0.15, 0.2) is 228 Å². The van der Waals surface area contributed by atoms with Gasteiger partial charge < -0.3 is 9.80 Å². The molecule has 0 atom stereocenters. The summed E-state index contributed by atoms with van der Waals surface area (Å²) in [5.74, 6) is 2.86. The van der Waals surface area contributed by atoms with Gasteiger partial charge in [0.2, 0.25) is 0 Å². The quantitative estimate of drug-likeness (QED) is 0.164. The van der Waals surface area contributed by atoms with Crippen LogP contribution in [0.1, 0.15) is 93.2 Å². The van der Waals surface area contributed by atoms with Gasteiger partial charge in [-0.05, 0) is 235 Å². The van der Waals surface area contributed by atoms with Gasteiger partial charge in [0.05, 0.1) is 0 Å². The molecule has 382 valence electrons. The van der Waals surface area contributed by atoms with Gasteiger partial charge in [0, 0.05) is 60.2 Å². The minimum Gasteiger partial charge on any atom is -0.310 e. The van der Waals surface area contributed by atoms with Crippen LogP contribution in [0.3, 0.4) is 0 Å². The molecule has 4 bridgehead atoms. The highest BCUT2D eigenvalue weighted by atomic mass is 32.2. The van der Waals surface area contributed by atoms with Crippen LogP contribution in [0.4, 0.5) is 34.1 Å². The van der Waals surface area contributed by atoms with E-state index in [0.29, 0.717) is 11.8 Å². The maximum atomic E-state index is 2.70. The van der Waals surface area contributed by atoms with Crippen molar-refractivity contribution in [2.45, 2.75) is 85.8 Å². The van der Waals surface area contributed by atoms with Crippen LogP contribution in [0.5, 0.6) is 0 Å². The fourth-order valence-corrected chi connectivity index (χ4v) is 18.4. The van der Waals surface area contributed by atoms with Crippen molar-refractivity contribution in [1.82, 2.24) is 0 Å². The highest BCUT2D eigenvalue weighted by Gasteiger charge is 2.61. The monoisotopic (exact) mass is 1030 g/mol. The Hall–Kier alpha value is -7.85. The van der Waals surface area contributed by atoms with Crippen LogP contribution in [0, 0.1) is 23.7 Å². The van der Waals surface area contributed by atoms with E-state index in [4.69, 9.17) is 0 Å². The molecule has 79 heavy (non-hydrogen) atoms. The molecule has 18 rings (SSSR count). The molecular formula is C76H62N2S. The van der Waals surface area contributed by atoms with Crippen LogP contribution >= 0.6 is 11.8 Å². The van der Waals surface area contributed by atoms with Gasteiger partial charge >= 0.3 is 0 Å². The number of hydrogen-bond donors (Lipinski definition) is 0. The van der Waals surface area contributed by atoms with Gasteiger partial charge in [0.25, 0.3) is 0 Å². The van der Waals surface area contributed by atoms with E-state index < -0.39 is 0 Å². The summed E-state index contributed by atoms with van der Waals surface area (Å²) in [5.41, 5.74) is 21.0. The number of fused-ring (bicyclic) bond motifs is 11. The lowest BCUT2D eigenvalue weighted by Crippen LogP contribution is -2.57. The van der Waals surface area contributed by atoms with Crippen molar-refractivity contribution in [3.05, 3.63) is 252 Å². The van der Waals surface area contributed by atoms with Crippen molar-refractivity contribution in [2.24, 2.45) is 23.7 Å². The summed E-state index contributed by atoms with van der Waals surface area (Å²) < 4.78 is 0. The second kappa shape index (κ2) is 16.6. The second-order valence-corrected chi connectivity index (χ2v) is 26.5. The molecule has 0 unspecified atom stereocenters. The molecule has 0 aromatic heterocycles. The number of nitrogens with zero attached hydrogens (tertiary/aromatic N) is 2. The third-order valence-corrected chi connectivity index (χ3v) is 21.7. The summed E-state index contributed by atoms with van der Waals surface area (Å²) in [5, 5.41) is 7.66. The summed E-state index contributed by atoms with van der Waals surface area (Å²) in [6, 6.07) is 84.5. The van der Waals surface area contributed by atoms with E-state index in [-0.39, 0.29) is 16.2 Å². The first-order valence-corrected chi connectivity index (χ1v) is 29.9. The standard InChI is InChI=1S/C76H62N2S/c1-74(2)66-19-11-9-17-62(66)64-30-27-59(43-68(64)74)77(56-24-21-48-13-5-7-15-50(48)38-56)58-26-23-52-42-73-70(41-53(52)40-58)76(54-34-46-33-47(36-54)37-55(76)35-46)71-45-61(29-32-72(71)79-73)78(57-25-22-49-14-6-8-16-51(49)39-57)60-28-31-65-63-18-10-12-20-67(63)75(3,4)69(65)44-60/h5-32,38-47,54-55H,33-37H2,1-4H3. The van der Waals surface area contributed by atoms with Gasteiger partial charge in [0.1, 0.15) is 0 Å². The lowest BCUT2D eigenvalue weighted by Gasteiger charge is -2.63. The minimum absolute atomic E-state index is 0.0846. The predicted molar refractivity (Wildman–Crippen MR) is 332 cm³/mol. The van der Waals surface area contributed by atoms with E-state index in [0.717, 1.165) is 11.8 Å². The van der Waals surface area contributed by atoms with Gasteiger partial charge in [-0.25, -0.2) is 0 Å². The second-order valence-electron chi connectivity index (χ2n) is 25.4. The fourth-order valence-electron chi connectivity index (χ4n) is 17.1. The largest absolute Gasteiger partial charge is 0.310 e. The molecule has 4 saturated carbocycles. The van der Waals surface area contributed by atoms with Crippen LogP contribution in [0.25, 0.3) is 54.6 Å². The Labute approximate surface area is 468 Å². The molecule has 6 aliphatic carbocycles. The number of anilines is 6. The summed E-state index contributed by atoms with van der Waals surface area (Å²) in [6.45, 7) is 9.61. The van der Waals surface area contributed by atoms with Gasteiger partial charge in [-0.1, -0.05) is 167 Å². The van der Waals surface area contributed by atoms with Gasteiger partial charge in [-0.3, -0.25) is 0 Å². The smallest absolute Gasteiger partial charge is 0.0468 e. The number of benzene rings is 11. The third kappa shape index (κ3) is 6.60. The maximum absolute atomic E-state index is 2.70. The summed E-state index contributed by atoms with van der Waals surface area (Å²) in [4.78, 5) is 8.00. The molecule has 11 aromatic carbocycles. The van der Waals surface area contributed by atoms with Crippen molar-refractivity contribution in [1.29, 1.82) is 0 Å². The zero-order valence-electron chi connectivity index (χ0n) is 45.4. The first-order chi connectivity index (χ1) is 38.6. The highest BCUT2D eigenvalue weighted by molar-refractivity contribution is 7.99. The Bertz CT molecular complexity index is 4380. The fraction of sp³-hybridized carbons (Fsp3) is 0.211. The lowest BCUT2D eigenvalue weighted by molar-refractivity contribution is -0.0443. The molecule has 11 aromatic rings. The molecule has 0 amide bonds.